The summed E-state index contributed by atoms with van der Waals surface area (Å²) in [5.74, 6) is 0. The summed E-state index contributed by atoms with van der Waals surface area (Å²) in [6.45, 7) is 0. The van der Waals surface area contributed by atoms with Crippen LogP contribution in [0.2, 0.25) is 0 Å². The smallest absolute Gasteiger partial charge is 0.253 e. The lowest BCUT2D eigenvalue weighted by Gasteiger charge is -1.91. The van der Waals surface area contributed by atoms with Gasteiger partial charge in [-0.1, -0.05) is 24.3 Å². The third kappa shape index (κ3) is 1.78. The van der Waals surface area contributed by atoms with Gasteiger partial charge in [0.05, 0.1) is 0 Å². The summed E-state index contributed by atoms with van der Waals surface area (Å²) in [6, 6.07) is 8.67. The molecule has 3 aromatic rings. The molecule has 0 N–H and O–H groups in total. The minimum atomic E-state index is -3.54. The van der Waals surface area contributed by atoms with Gasteiger partial charge in [-0.15, -0.1) is 10.2 Å². The summed E-state index contributed by atoms with van der Waals surface area (Å²) < 4.78 is 24.4. The minimum Gasteiger partial charge on any atom is -0.285 e. The fourth-order valence-electron chi connectivity index (χ4n) is 1.94. The first-order valence-electron chi connectivity index (χ1n) is 5.45. The van der Waals surface area contributed by atoms with E-state index in [-0.39, 0.29) is 16.2 Å². The summed E-state index contributed by atoms with van der Waals surface area (Å²) in [7, 11) is -3.54. The molecule has 0 bridgehead atoms. The van der Waals surface area contributed by atoms with Gasteiger partial charge >= 0.3 is 0 Å². The topological polar surface area (TPSA) is 81.4 Å². The van der Waals surface area contributed by atoms with E-state index in [9.17, 15) is 13.2 Å². The molecule has 0 aliphatic heterocycles. The molecule has 0 saturated heterocycles. The van der Waals surface area contributed by atoms with Crippen LogP contribution in [0.5, 0.6) is 0 Å². The minimum absolute atomic E-state index is 0.00150. The molecule has 0 atom stereocenters. The molecule has 96 valence electrons. The van der Waals surface area contributed by atoms with Gasteiger partial charge in [0.2, 0.25) is 20.9 Å². The predicted octanol–water partition coefficient (Wildman–Crippen LogP) is 0.646. The van der Waals surface area contributed by atoms with Crippen LogP contribution in [0.3, 0.4) is 0 Å². The normalized spacial score (nSPS) is 12.1. The Balaban J connectivity index is 2.61. The first-order chi connectivity index (χ1) is 8.98. The maximum Gasteiger partial charge on any atom is 0.253 e. The van der Waals surface area contributed by atoms with Crippen LogP contribution in [0.4, 0.5) is 0 Å². The zero-order valence-corrected chi connectivity index (χ0v) is 10.8. The largest absolute Gasteiger partial charge is 0.285 e. The van der Waals surface area contributed by atoms with Crippen LogP contribution < -0.4 is 5.43 Å². The molecule has 2 aromatic heterocycles. The number of hydrogen-bond acceptors (Lipinski definition) is 5. The van der Waals surface area contributed by atoms with Crippen molar-refractivity contribution in [1.29, 1.82) is 0 Å². The molecule has 2 heterocycles. The Hall–Kier alpha value is -2.28. The second-order valence-electron chi connectivity index (χ2n) is 4.18. The van der Waals surface area contributed by atoms with Gasteiger partial charge in [0.25, 0.3) is 5.16 Å². The van der Waals surface area contributed by atoms with Gasteiger partial charge in [-0.3, -0.25) is 9.20 Å². The van der Waals surface area contributed by atoms with E-state index >= 15 is 0 Å². The van der Waals surface area contributed by atoms with Crippen molar-refractivity contribution in [2.24, 2.45) is 0 Å². The van der Waals surface area contributed by atoms with Crippen LogP contribution in [0.15, 0.2) is 46.5 Å². The molecule has 0 saturated carbocycles. The molecule has 0 fully saturated rings. The first-order valence-corrected chi connectivity index (χ1v) is 7.34. The maximum absolute atomic E-state index is 12.3. The number of nitrogens with zero attached hydrogens (tertiary/aromatic N) is 3. The number of aromatic nitrogens is 3. The van der Waals surface area contributed by atoms with E-state index in [1.165, 1.54) is 10.6 Å². The second kappa shape index (κ2) is 3.86. The Labute approximate surface area is 108 Å². The highest BCUT2D eigenvalue weighted by atomic mass is 32.2. The van der Waals surface area contributed by atoms with E-state index in [2.05, 4.69) is 10.2 Å². The van der Waals surface area contributed by atoms with Crippen LogP contribution in [0.1, 0.15) is 0 Å². The van der Waals surface area contributed by atoms with Gasteiger partial charge in [0.15, 0.2) is 0 Å². The van der Waals surface area contributed by atoms with E-state index in [0.717, 1.165) is 11.6 Å². The van der Waals surface area contributed by atoms with Crippen molar-refractivity contribution in [3.8, 4) is 0 Å². The summed E-state index contributed by atoms with van der Waals surface area (Å²) in [6.07, 6.45) is 2.52. The molecule has 7 heteroatoms. The van der Waals surface area contributed by atoms with Crippen molar-refractivity contribution in [3.63, 3.8) is 0 Å². The summed E-state index contributed by atoms with van der Waals surface area (Å²) in [5.41, 5.74) is -0.343. The average Bonchev–Trinajstić information content (AvgIpc) is 2.74. The van der Waals surface area contributed by atoms with E-state index in [0.29, 0.717) is 5.39 Å². The molecule has 0 aliphatic rings. The van der Waals surface area contributed by atoms with Crippen LogP contribution in [-0.2, 0) is 9.84 Å². The molecular weight excluding hydrogens is 266 g/mol. The average molecular weight is 275 g/mol. The van der Waals surface area contributed by atoms with Crippen molar-refractivity contribution in [3.05, 3.63) is 46.8 Å². The Morgan fingerprint density at radius 3 is 2.58 bits per heavy atom. The molecule has 1 aromatic carbocycles. The lowest BCUT2D eigenvalue weighted by atomic mass is 10.2. The van der Waals surface area contributed by atoms with E-state index in [1.54, 1.807) is 30.3 Å². The van der Waals surface area contributed by atoms with Crippen LogP contribution >= 0.6 is 0 Å². The Kier molecular flexibility index (Phi) is 2.39. The van der Waals surface area contributed by atoms with Crippen molar-refractivity contribution in [2.75, 3.05) is 6.26 Å². The third-order valence-electron chi connectivity index (χ3n) is 2.81. The van der Waals surface area contributed by atoms with E-state index < -0.39 is 9.84 Å². The van der Waals surface area contributed by atoms with Gasteiger partial charge in [0, 0.05) is 17.8 Å². The zero-order chi connectivity index (χ0) is 13.6. The zero-order valence-electron chi connectivity index (χ0n) is 9.94. The van der Waals surface area contributed by atoms with Crippen molar-refractivity contribution in [1.82, 2.24) is 14.6 Å². The number of sulfone groups is 1. The highest BCUT2D eigenvalue weighted by Crippen LogP contribution is 2.11. The summed E-state index contributed by atoms with van der Waals surface area (Å²) in [4.78, 5) is 12.3. The molecular formula is C12H9N3O3S. The standard InChI is InChI=1S/C12H9N3O3S/c1-19(17,18)12-14-13-11-10(16)9-5-3-2-4-8(9)6-7-15(11)12/h2-7H,1H3. The fourth-order valence-corrected chi connectivity index (χ4v) is 2.64. The molecule has 3 rings (SSSR count). The van der Waals surface area contributed by atoms with Gasteiger partial charge in [0.1, 0.15) is 0 Å². The van der Waals surface area contributed by atoms with Crippen LogP contribution in [0, 0.1) is 0 Å². The monoisotopic (exact) mass is 275 g/mol. The van der Waals surface area contributed by atoms with Gasteiger partial charge in [-0.25, -0.2) is 8.42 Å². The van der Waals surface area contributed by atoms with Crippen LogP contribution in [-0.4, -0.2) is 29.3 Å². The second-order valence-corrected chi connectivity index (χ2v) is 6.09. The van der Waals surface area contributed by atoms with Crippen molar-refractivity contribution >= 4 is 26.3 Å². The molecule has 0 unspecified atom stereocenters. The quantitative estimate of drug-likeness (QED) is 0.651. The van der Waals surface area contributed by atoms with E-state index in [4.69, 9.17) is 0 Å². The lowest BCUT2D eigenvalue weighted by molar-refractivity contribution is 0.591. The van der Waals surface area contributed by atoms with Crippen molar-refractivity contribution < 1.29 is 8.42 Å². The van der Waals surface area contributed by atoms with Crippen molar-refractivity contribution in [2.45, 2.75) is 5.16 Å². The molecule has 19 heavy (non-hydrogen) atoms. The maximum atomic E-state index is 12.3. The number of fused-ring (bicyclic) bond motifs is 2. The van der Waals surface area contributed by atoms with Crippen LogP contribution in [0.25, 0.3) is 16.4 Å². The Morgan fingerprint density at radius 2 is 1.84 bits per heavy atom. The summed E-state index contributed by atoms with van der Waals surface area (Å²) in [5, 5.41) is 8.24. The SMILES string of the molecule is CS(=O)(=O)c1nnc2c(=O)c3ccccc3ccn12. The molecule has 0 aliphatic carbocycles. The van der Waals surface area contributed by atoms with Gasteiger partial charge in [-0.2, -0.15) is 0 Å². The third-order valence-corrected chi connectivity index (χ3v) is 3.75. The molecule has 0 amide bonds. The first kappa shape index (κ1) is 11.8. The molecule has 0 spiro atoms. The molecule has 0 radical (unpaired) electrons. The lowest BCUT2D eigenvalue weighted by Crippen LogP contribution is -2.05. The fraction of sp³-hybridized carbons (Fsp3) is 0.0833. The number of rotatable bonds is 1. The summed E-state index contributed by atoms with van der Waals surface area (Å²) >= 11 is 0. The highest BCUT2D eigenvalue weighted by molar-refractivity contribution is 7.90. The predicted molar refractivity (Wildman–Crippen MR) is 69.9 cm³/mol. The van der Waals surface area contributed by atoms with Gasteiger partial charge < -0.3 is 0 Å². The Bertz CT molecular complexity index is 961. The van der Waals surface area contributed by atoms with Gasteiger partial charge in [-0.05, 0) is 11.5 Å². The van der Waals surface area contributed by atoms with E-state index in [1.807, 2.05) is 0 Å². The highest BCUT2D eigenvalue weighted by Gasteiger charge is 2.17. The number of hydrogen-bond donors (Lipinski definition) is 0. The Morgan fingerprint density at radius 1 is 1.11 bits per heavy atom. The number of benzene rings is 1. The molecule has 6 nitrogen and oxygen atoms in total.